The van der Waals surface area contributed by atoms with Gasteiger partial charge in [-0.05, 0) is 48.9 Å². The molecule has 2 aromatic carbocycles. The molecular weight excluding hydrogens is 300 g/mol. The number of halogens is 2. The van der Waals surface area contributed by atoms with E-state index in [0.717, 1.165) is 43.0 Å². The Morgan fingerprint density at radius 1 is 1.09 bits per heavy atom. The van der Waals surface area contributed by atoms with E-state index in [1.165, 1.54) is 6.07 Å². The Labute approximate surface area is 132 Å². The fraction of sp³-hybridized carbons (Fsp3) is 0.176. The molecule has 0 fully saturated rings. The van der Waals surface area contributed by atoms with Crippen LogP contribution in [0.1, 0.15) is 22.3 Å². The molecule has 118 valence electrons. The molecular formula is C17H15F2N3O. The molecule has 1 aliphatic heterocycles. The second-order valence-corrected chi connectivity index (χ2v) is 5.17. The van der Waals surface area contributed by atoms with Crippen LogP contribution in [0.3, 0.4) is 0 Å². The SMILES string of the molecule is O=C(Nc1ccc(C2=NCCCN2)cc1)c1ccc(F)c(F)c1. The van der Waals surface area contributed by atoms with E-state index in [9.17, 15) is 13.6 Å². The highest BCUT2D eigenvalue weighted by molar-refractivity contribution is 6.05. The van der Waals surface area contributed by atoms with Gasteiger partial charge in [-0.1, -0.05) is 0 Å². The van der Waals surface area contributed by atoms with E-state index in [4.69, 9.17) is 0 Å². The average Bonchev–Trinajstić information content (AvgIpc) is 2.59. The summed E-state index contributed by atoms with van der Waals surface area (Å²) in [7, 11) is 0. The Hall–Kier alpha value is -2.76. The number of carbonyl (C=O) groups is 1. The molecule has 0 atom stereocenters. The molecule has 0 aromatic heterocycles. The molecule has 1 heterocycles. The number of anilines is 1. The predicted octanol–water partition coefficient (Wildman–Crippen LogP) is 2.96. The van der Waals surface area contributed by atoms with Crippen LogP contribution in [0.4, 0.5) is 14.5 Å². The number of nitrogens with one attached hydrogen (secondary N) is 2. The monoisotopic (exact) mass is 315 g/mol. The van der Waals surface area contributed by atoms with Crippen molar-refractivity contribution in [3.05, 3.63) is 65.2 Å². The number of carbonyl (C=O) groups excluding carboxylic acids is 1. The molecule has 0 aliphatic carbocycles. The molecule has 0 saturated heterocycles. The van der Waals surface area contributed by atoms with Gasteiger partial charge in [0.2, 0.25) is 0 Å². The number of amides is 1. The van der Waals surface area contributed by atoms with Crippen molar-refractivity contribution in [3.8, 4) is 0 Å². The van der Waals surface area contributed by atoms with Crippen molar-refractivity contribution in [3.63, 3.8) is 0 Å². The summed E-state index contributed by atoms with van der Waals surface area (Å²) >= 11 is 0. The van der Waals surface area contributed by atoms with Crippen molar-refractivity contribution in [2.24, 2.45) is 4.99 Å². The number of hydrogen-bond acceptors (Lipinski definition) is 3. The van der Waals surface area contributed by atoms with Gasteiger partial charge in [0, 0.05) is 29.9 Å². The Kier molecular flexibility index (Phi) is 4.32. The first-order valence-electron chi connectivity index (χ1n) is 7.28. The lowest BCUT2D eigenvalue weighted by Crippen LogP contribution is -2.30. The van der Waals surface area contributed by atoms with Crippen LogP contribution in [0.2, 0.25) is 0 Å². The van der Waals surface area contributed by atoms with Crippen LogP contribution in [-0.2, 0) is 0 Å². The van der Waals surface area contributed by atoms with Crippen molar-refractivity contribution in [2.45, 2.75) is 6.42 Å². The Balaban J connectivity index is 1.71. The number of amidine groups is 1. The van der Waals surface area contributed by atoms with E-state index in [-0.39, 0.29) is 5.56 Å². The smallest absolute Gasteiger partial charge is 0.255 e. The van der Waals surface area contributed by atoms with Crippen LogP contribution in [0.15, 0.2) is 47.5 Å². The van der Waals surface area contributed by atoms with Gasteiger partial charge in [0.25, 0.3) is 5.91 Å². The van der Waals surface area contributed by atoms with Crippen LogP contribution in [-0.4, -0.2) is 24.8 Å². The largest absolute Gasteiger partial charge is 0.370 e. The summed E-state index contributed by atoms with van der Waals surface area (Å²) in [5.41, 5.74) is 1.57. The van der Waals surface area contributed by atoms with E-state index in [1.54, 1.807) is 12.1 Å². The molecule has 3 rings (SSSR count). The van der Waals surface area contributed by atoms with Crippen LogP contribution < -0.4 is 10.6 Å². The maximum atomic E-state index is 13.2. The van der Waals surface area contributed by atoms with Gasteiger partial charge >= 0.3 is 0 Å². The average molecular weight is 315 g/mol. The maximum Gasteiger partial charge on any atom is 0.255 e. The molecule has 2 N–H and O–H groups in total. The third-order valence-electron chi connectivity index (χ3n) is 3.50. The van der Waals surface area contributed by atoms with E-state index < -0.39 is 17.5 Å². The molecule has 0 radical (unpaired) electrons. The fourth-order valence-corrected chi connectivity index (χ4v) is 2.28. The number of nitrogens with zero attached hydrogens (tertiary/aromatic N) is 1. The van der Waals surface area contributed by atoms with Gasteiger partial charge in [-0.15, -0.1) is 0 Å². The van der Waals surface area contributed by atoms with Crippen molar-refractivity contribution < 1.29 is 13.6 Å². The van der Waals surface area contributed by atoms with Gasteiger partial charge in [0.05, 0.1) is 0 Å². The highest BCUT2D eigenvalue weighted by Gasteiger charge is 2.11. The Bertz CT molecular complexity index is 757. The highest BCUT2D eigenvalue weighted by Crippen LogP contribution is 2.14. The zero-order valence-corrected chi connectivity index (χ0v) is 12.3. The third kappa shape index (κ3) is 3.53. The van der Waals surface area contributed by atoms with Crippen molar-refractivity contribution in [1.82, 2.24) is 5.32 Å². The van der Waals surface area contributed by atoms with Crippen LogP contribution in [0.5, 0.6) is 0 Å². The third-order valence-corrected chi connectivity index (χ3v) is 3.50. The number of hydrogen-bond donors (Lipinski definition) is 2. The lowest BCUT2D eigenvalue weighted by Gasteiger charge is -2.15. The van der Waals surface area contributed by atoms with E-state index >= 15 is 0 Å². The molecule has 4 nitrogen and oxygen atoms in total. The first-order valence-corrected chi connectivity index (χ1v) is 7.28. The minimum Gasteiger partial charge on any atom is -0.370 e. The Morgan fingerprint density at radius 2 is 1.87 bits per heavy atom. The molecule has 0 saturated carbocycles. The normalized spacial score (nSPS) is 13.9. The van der Waals surface area contributed by atoms with Crippen LogP contribution in [0, 0.1) is 11.6 Å². The van der Waals surface area contributed by atoms with Crippen molar-refractivity contribution in [2.75, 3.05) is 18.4 Å². The maximum absolute atomic E-state index is 13.2. The van der Waals surface area contributed by atoms with Crippen molar-refractivity contribution in [1.29, 1.82) is 0 Å². The standard InChI is InChI=1S/C17H15F2N3O/c18-14-7-4-12(10-15(14)19)17(23)22-13-5-2-11(3-6-13)16-20-8-1-9-21-16/h2-7,10H,1,8-9H2,(H,20,21)(H,22,23). The van der Waals surface area contributed by atoms with Gasteiger partial charge in [-0.2, -0.15) is 0 Å². The van der Waals surface area contributed by atoms with E-state index in [1.807, 2.05) is 12.1 Å². The van der Waals surface area contributed by atoms with Gasteiger partial charge in [0.15, 0.2) is 11.6 Å². The zero-order chi connectivity index (χ0) is 16.2. The van der Waals surface area contributed by atoms with Gasteiger partial charge < -0.3 is 10.6 Å². The van der Waals surface area contributed by atoms with Gasteiger partial charge in [0.1, 0.15) is 5.84 Å². The first kappa shape index (κ1) is 15.1. The molecule has 1 aliphatic rings. The quantitative estimate of drug-likeness (QED) is 0.915. The lowest BCUT2D eigenvalue weighted by molar-refractivity contribution is 0.102. The summed E-state index contributed by atoms with van der Waals surface area (Å²) in [6, 6.07) is 10.2. The second kappa shape index (κ2) is 6.56. The molecule has 1 amide bonds. The molecule has 0 bridgehead atoms. The number of benzene rings is 2. The minimum absolute atomic E-state index is 0.0614. The van der Waals surface area contributed by atoms with Crippen LogP contribution >= 0.6 is 0 Å². The molecule has 6 heteroatoms. The van der Waals surface area contributed by atoms with E-state index in [0.29, 0.717) is 5.69 Å². The minimum atomic E-state index is -1.05. The summed E-state index contributed by atoms with van der Waals surface area (Å²) in [4.78, 5) is 16.4. The number of aliphatic imine (C=N–C) groups is 1. The van der Waals surface area contributed by atoms with Gasteiger partial charge in [-0.3, -0.25) is 9.79 Å². The highest BCUT2D eigenvalue weighted by atomic mass is 19.2. The van der Waals surface area contributed by atoms with Crippen LogP contribution in [0.25, 0.3) is 0 Å². The molecule has 2 aromatic rings. The molecule has 23 heavy (non-hydrogen) atoms. The summed E-state index contributed by atoms with van der Waals surface area (Å²) in [5.74, 6) is -1.68. The lowest BCUT2D eigenvalue weighted by atomic mass is 10.1. The Morgan fingerprint density at radius 3 is 2.52 bits per heavy atom. The fourth-order valence-electron chi connectivity index (χ4n) is 2.28. The summed E-state index contributed by atoms with van der Waals surface area (Å²) in [5, 5.41) is 5.87. The molecule has 0 unspecified atom stereocenters. The number of rotatable bonds is 3. The summed E-state index contributed by atoms with van der Waals surface area (Å²) in [6.45, 7) is 1.70. The second-order valence-electron chi connectivity index (χ2n) is 5.17. The zero-order valence-electron chi connectivity index (χ0n) is 12.3. The van der Waals surface area contributed by atoms with Crippen molar-refractivity contribution >= 4 is 17.4 Å². The first-order chi connectivity index (χ1) is 11.1. The summed E-state index contributed by atoms with van der Waals surface area (Å²) < 4.78 is 26.0. The van der Waals surface area contributed by atoms with E-state index in [2.05, 4.69) is 15.6 Å². The molecule has 0 spiro atoms. The predicted molar refractivity (Wildman–Crippen MR) is 84.8 cm³/mol. The summed E-state index contributed by atoms with van der Waals surface area (Å²) in [6.07, 6.45) is 1.02. The topological polar surface area (TPSA) is 53.5 Å². The van der Waals surface area contributed by atoms with Gasteiger partial charge in [-0.25, -0.2) is 8.78 Å².